The van der Waals surface area contributed by atoms with E-state index < -0.39 is 20.0 Å². The average molecular weight is 413 g/mol. The zero-order valence-corrected chi connectivity index (χ0v) is 19.5. The predicted octanol–water partition coefficient (Wildman–Crippen LogP) is 4.05. The third-order valence-corrected chi connectivity index (χ3v) is 10.0. The summed E-state index contributed by atoms with van der Waals surface area (Å²) in [7, 11) is -2.00. The highest BCUT2D eigenvalue weighted by molar-refractivity contribution is 6.74. The minimum Gasteiger partial charge on any atom is -0.447 e. The van der Waals surface area contributed by atoms with E-state index in [4.69, 9.17) is 13.9 Å². The van der Waals surface area contributed by atoms with Gasteiger partial charge in [-0.15, -0.1) is 0 Å². The molecule has 8 heteroatoms. The molecule has 1 N–H and O–H groups in total. The van der Waals surface area contributed by atoms with E-state index in [1.54, 1.807) is 4.90 Å². The second-order valence-corrected chi connectivity index (χ2v) is 14.9. The lowest BCUT2D eigenvalue weighted by molar-refractivity contribution is 0.0212. The van der Waals surface area contributed by atoms with Gasteiger partial charge in [-0.3, -0.25) is 4.90 Å². The van der Waals surface area contributed by atoms with Crippen LogP contribution < -0.4 is 5.32 Å². The molecule has 2 amide bonds. The first-order valence-corrected chi connectivity index (χ1v) is 12.9. The maximum absolute atomic E-state index is 12.8. The number of ether oxygens (including phenoxy) is 2. The maximum atomic E-state index is 12.8. The van der Waals surface area contributed by atoms with Crippen molar-refractivity contribution in [2.75, 3.05) is 13.2 Å². The van der Waals surface area contributed by atoms with Crippen molar-refractivity contribution in [2.24, 2.45) is 0 Å². The van der Waals surface area contributed by atoms with Crippen molar-refractivity contribution in [3.63, 3.8) is 0 Å². The number of likely N-dealkylation sites (tertiary alicyclic amines) is 1. The first-order valence-electron chi connectivity index (χ1n) is 9.99. The summed E-state index contributed by atoms with van der Waals surface area (Å²) in [5.74, 6) is 0. The Morgan fingerprint density at radius 1 is 1.21 bits per heavy atom. The van der Waals surface area contributed by atoms with E-state index in [1.807, 2.05) is 32.9 Å². The molecule has 2 heterocycles. The SMILES string of the molecule is CC(C)(C)OC(=O)N1CC[C@H](O[Si](C)(C)C(C)(C)C)[C@@H]1/C=C\[C@H]1COC(=O)N1. The number of hydrogen-bond acceptors (Lipinski definition) is 5. The largest absolute Gasteiger partial charge is 0.447 e. The lowest BCUT2D eigenvalue weighted by Gasteiger charge is -2.40. The molecule has 7 nitrogen and oxygen atoms in total. The lowest BCUT2D eigenvalue weighted by atomic mass is 10.1. The summed E-state index contributed by atoms with van der Waals surface area (Å²) in [6.07, 6.45) is 3.75. The van der Waals surface area contributed by atoms with Crippen molar-refractivity contribution >= 4 is 20.5 Å². The number of nitrogens with one attached hydrogen (secondary N) is 1. The Bertz CT molecular complexity index is 621. The summed E-state index contributed by atoms with van der Waals surface area (Å²) in [6, 6.07) is -0.427. The number of cyclic esters (lactones) is 1. The molecule has 0 spiro atoms. The fourth-order valence-corrected chi connectivity index (χ4v) is 4.35. The van der Waals surface area contributed by atoms with E-state index in [0.29, 0.717) is 13.2 Å². The smallest absolute Gasteiger partial charge is 0.410 e. The first kappa shape index (κ1) is 22.7. The molecule has 0 bridgehead atoms. The van der Waals surface area contributed by atoms with E-state index in [-0.39, 0.29) is 29.3 Å². The summed E-state index contributed by atoms with van der Waals surface area (Å²) in [5.41, 5.74) is -0.559. The highest BCUT2D eigenvalue weighted by Crippen LogP contribution is 2.39. The van der Waals surface area contributed by atoms with Crippen molar-refractivity contribution in [2.45, 2.75) is 89.9 Å². The molecule has 0 radical (unpaired) electrons. The average Bonchev–Trinajstić information content (AvgIpc) is 3.08. The molecule has 160 valence electrons. The third kappa shape index (κ3) is 5.73. The minimum atomic E-state index is -2.00. The summed E-state index contributed by atoms with van der Waals surface area (Å²) in [6.45, 7) is 17.5. The Morgan fingerprint density at radius 3 is 2.36 bits per heavy atom. The van der Waals surface area contributed by atoms with Gasteiger partial charge in [0.05, 0.1) is 18.2 Å². The van der Waals surface area contributed by atoms with Gasteiger partial charge in [-0.05, 0) is 45.3 Å². The van der Waals surface area contributed by atoms with E-state index in [2.05, 4.69) is 39.2 Å². The Balaban J connectivity index is 2.20. The molecule has 28 heavy (non-hydrogen) atoms. The fraction of sp³-hybridized carbons (Fsp3) is 0.800. The maximum Gasteiger partial charge on any atom is 0.410 e. The van der Waals surface area contributed by atoms with E-state index in [0.717, 1.165) is 6.42 Å². The molecular formula is C20H36N2O5Si. The zero-order chi connectivity index (χ0) is 21.3. The summed E-state index contributed by atoms with van der Waals surface area (Å²) < 4.78 is 17.2. The summed E-state index contributed by atoms with van der Waals surface area (Å²) >= 11 is 0. The first-order chi connectivity index (χ1) is 12.7. The van der Waals surface area contributed by atoms with Gasteiger partial charge in [0.15, 0.2) is 8.32 Å². The Morgan fingerprint density at radius 2 is 1.86 bits per heavy atom. The Hall–Kier alpha value is -1.54. The quantitative estimate of drug-likeness (QED) is 0.557. The molecule has 0 saturated carbocycles. The summed E-state index contributed by atoms with van der Waals surface area (Å²) in [5, 5.41) is 2.81. The van der Waals surface area contributed by atoms with Gasteiger partial charge in [0.2, 0.25) is 0 Å². The van der Waals surface area contributed by atoms with Gasteiger partial charge in [-0.1, -0.05) is 32.9 Å². The van der Waals surface area contributed by atoms with Crippen molar-refractivity contribution < 1.29 is 23.5 Å². The van der Waals surface area contributed by atoms with Crippen LogP contribution in [0.4, 0.5) is 9.59 Å². The minimum absolute atomic E-state index is 0.0773. The van der Waals surface area contributed by atoms with Crippen LogP contribution in [0.1, 0.15) is 48.0 Å². The highest BCUT2D eigenvalue weighted by Gasteiger charge is 2.45. The molecule has 0 aromatic carbocycles. The third-order valence-electron chi connectivity index (χ3n) is 5.51. The molecular weight excluding hydrogens is 376 g/mol. The predicted molar refractivity (Wildman–Crippen MR) is 111 cm³/mol. The van der Waals surface area contributed by atoms with Crippen LogP contribution in [-0.4, -0.2) is 62.3 Å². The van der Waals surface area contributed by atoms with Gasteiger partial charge in [0.25, 0.3) is 0 Å². The van der Waals surface area contributed by atoms with Crippen LogP contribution in [0.25, 0.3) is 0 Å². The highest BCUT2D eigenvalue weighted by atomic mass is 28.4. The monoisotopic (exact) mass is 412 g/mol. The topological polar surface area (TPSA) is 77.1 Å². The van der Waals surface area contributed by atoms with Gasteiger partial charge in [0.1, 0.15) is 12.2 Å². The van der Waals surface area contributed by atoms with Crippen LogP contribution in [0.5, 0.6) is 0 Å². The van der Waals surface area contributed by atoms with Crippen LogP contribution in [0.15, 0.2) is 12.2 Å². The van der Waals surface area contributed by atoms with Gasteiger partial charge in [0, 0.05) is 6.54 Å². The normalized spacial score (nSPS) is 26.5. The molecule has 0 unspecified atom stereocenters. The second-order valence-electron chi connectivity index (χ2n) is 10.1. The zero-order valence-electron chi connectivity index (χ0n) is 18.5. The number of carbonyl (C=O) groups excluding carboxylic acids is 2. The molecule has 2 fully saturated rings. The number of amides is 2. The summed E-state index contributed by atoms with van der Waals surface area (Å²) in [4.78, 5) is 25.8. The van der Waals surface area contributed by atoms with Crippen molar-refractivity contribution in [3.05, 3.63) is 12.2 Å². The molecule has 0 aromatic heterocycles. The fourth-order valence-electron chi connectivity index (χ4n) is 2.98. The molecule has 2 saturated heterocycles. The van der Waals surface area contributed by atoms with Gasteiger partial charge in [-0.25, -0.2) is 9.59 Å². The molecule has 2 aliphatic heterocycles. The lowest BCUT2D eigenvalue weighted by Crippen LogP contribution is -2.48. The number of nitrogens with zero attached hydrogens (tertiary/aromatic N) is 1. The van der Waals surface area contributed by atoms with Crippen LogP contribution in [-0.2, 0) is 13.9 Å². The Labute approximate surface area is 169 Å². The van der Waals surface area contributed by atoms with Crippen LogP contribution in [0.3, 0.4) is 0 Å². The molecule has 0 aromatic rings. The van der Waals surface area contributed by atoms with Crippen molar-refractivity contribution in [1.29, 1.82) is 0 Å². The standard InChI is InChI=1S/C20H36N2O5Si/c1-19(2,3)26-18(24)22-12-11-16(27-28(7,8)20(4,5)6)15(22)10-9-14-13-25-17(23)21-14/h9-10,14-16H,11-13H2,1-8H3,(H,21,23)/b10-9-/t14-,15-,16-/m0/s1. The Kier molecular flexibility index (Phi) is 6.55. The van der Waals surface area contributed by atoms with Gasteiger partial charge >= 0.3 is 12.2 Å². The van der Waals surface area contributed by atoms with Gasteiger partial charge in [-0.2, -0.15) is 0 Å². The van der Waals surface area contributed by atoms with Crippen LogP contribution >= 0.6 is 0 Å². The molecule has 3 atom stereocenters. The number of alkyl carbamates (subject to hydrolysis) is 1. The molecule has 0 aliphatic carbocycles. The van der Waals surface area contributed by atoms with E-state index >= 15 is 0 Å². The van der Waals surface area contributed by atoms with Crippen molar-refractivity contribution in [3.8, 4) is 0 Å². The van der Waals surface area contributed by atoms with Crippen LogP contribution in [0, 0.1) is 0 Å². The van der Waals surface area contributed by atoms with Crippen molar-refractivity contribution in [1.82, 2.24) is 10.2 Å². The van der Waals surface area contributed by atoms with E-state index in [1.165, 1.54) is 0 Å². The second kappa shape index (κ2) is 8.06. The molecule has 2 aliphatic rings. The van der Waals surface area contributed by atoms with Gasteiger partial charge < -0.3 is 19.2 Å². The number of carbonyl (C=O) groups is 2. The van der Waals surface area contributed by atoms with E-state index in [9.17, 15) is 9.59 Å². The number of rotatable bonds is 4. The van der Waals surface area contributed by atoms with Crippen LogP contribution in [0.2, 0.25) is 18.1 Å². The molecule has 2 rings (SSSR count). The number of hydrogen-bond donors (Lipinski definition) is 1.